The molecule has 2 aromatic carbocycles. The highest BCUT2D eigenvalue weighted by Crippen LogP contribution is 2.27. The highest BCUT2D eigenvalue weighted by atomic mass is 35.5. The molecule has 0 spiro atoms. The average Bonchev–Trinajstić information content (AvgIpc) is 2.67. The molecular formula is C20H18Cl2N3O+. The molecule has 1 aromatic heterocycles. The van der Waals surface area contributed by atoms with Crippen LogP contribution in [0.5, 0.6) is 0 Å². The molecule has 0 unspecified atom stereocenters. The summed E-state index contributed by atoms with van der Waals surface area (Å²) in [6.07, 6.45) is 1.93. The van der Waals surface area contributed by atoms with Crippen LogP contribution in [0.4, 0.5) is 5.69 Å². The van der Waals surface area contributed by atoms with Crippen LogP contribution in [0.3, 0.4) is 0 Å². The fraction of sp³-hybridized carbons (Fsp3) is 0.200. The molecule has 1 amide bonds. The van der Waals surface area contributed by atoms with E-state index in [2.05, 4.69) is 16.0 Å². The van der Waals surface area contributed by atoms with Crippen LogP contribution >= 0.6 is 23.2 Å². The predicted molar refractivity (Wildman–Crippen MR) is 105 cm³/mol. The van der Waals surface area contributed by atoms with E-state index in [1.807, 2.05) is 29.3 Å². The van der Waals surface area contributed by atoms with Crippen molar-refractivity contribution in [2.24, 2.45) is 0 Å². The van der Waals surface area contributed by atoms with Crippen LogP contribution in [0.15, 0.2) is 54.7 Å². The topological polar surface area (TPSA) is 37.7 Å². The predicted octanol–water partition coefficient (Wildman–Crippen LogP) is 3.92. The monoisotopic (exact) mass is 386 g/mol. The van der Waals surface area contributed by atoms with Crippen molar-refractivity contribution in [3.63, 3.8) is 0 Å². The molecule has 0 bridgehead atoms. The van der Waals surface area contributed by atoms with Crippen LogP contribution in [0.1, 0.15) is 10.4 Å². The second-order valence-electron chi connectivity index (χ2n) is 6.34. The summed E-state index contributed by atoms with van der Waals surface area (Å²) in [6, 6.07) is 15.0. The number of nitrogens with one attached hydrogen (secondary N) is 1. The number of amides is 1. The van der Waals surface area contributed by atoms with Crippen LogP contribution < -0.4 is 9.88 Å². The Hall–Kier alpha value is -2.30. The number of anilines is 1. The fourth-order valence-electron chi connectivity index (χ4n) is 3.36. The van der Waals surface area contributed by atoms with Crippen molar-refractivity contribution in [3.05, 3.63) is 70.3 Å². The lowest BCUT2D eigenvalue weighted by Gasteiger charge is -2.36. The molecule has 1 aliphatic rings. The lowest BCUT2D eigenvalue weighted by Crippen LogP contribution is -2.48. The minimum absolute atomic E-state index is 0.0550. The van der Waals surface area contributed by atoms with Gasteiger partial charge in [-0.3, -0.25) is 4.79 Å². The number of carbonyl (C=O) groups excluding carboxylic acids is 1. The molecule has 0 atom stereocenters. The Morgan fingerprint density at radius 2 is 1.58 bits per heavy atom. The highest BCUT2D eigenvalue weighted by molar-refractivity contribution is 6.31. The van der Waals surface area contributed by atoms with Crippen molar-refractivity contribution >= 4 is 45.7 Å². The maximum absolute atomic E-state index is 12.6. The van der Waals surface area contributed by atoms with Gasteiger partial charge in [-0.15, -0.1) is 0 Å². The van der Waals surface area contributed by atoms with Gasteiger partial charge in [0.15, 0.2) is 6.20 Å². The van der Waals surface area contributed by atoms with E-state index in [0.29, 0.717) is 28.7 Å². The van der Waals surface area contributed by atoms with Gasteiger partial charge in [-0.2, -0.15) is 0 Å². The summed E-state index contributed by atoms with van der Waals surface area (Å²) < 4.78 is 0. The molecule has 1 N–H and O–H groups in total. The number of fused-ring (bicyclic) bond motifs is 1. The molecule has 0 saturated carbocycles. The summed E-state index contributed by atoms with van der Waals surface area (Å²) in [4.78, 5) is 20.1. The average molecular weight is 387 g/mol. The number of hydrogen-bond acceptors (Lipinski definition) is 2. The van der Waals surface area contributed by atoms with E-state index in [1.165, 1.54) is 0 Å². The molecule has 0 radical (unpaired) electrons. The van der Waals surface area contributed by atoms with Gasteiger partial charge in [0.25, 0.3) is 5.91 Å². The van der Waals surface area contributed by atoms with Crippen LogP contribution in [0.2, 0.25) is 10.0 Å². The lowest BCUT2D eigenvalue weighted by molar-refractivity contribution is -0.344. The Labute approximate surface area is 161 Å². The van der Waals surface area contributed by atoms with Gasteiger partial charge < -0.3 is 9.80 Å². The third-order valence-corrected chi connectivity index (χ3v) is 5.22. The normalized spacial score (nSPS) is 14.7. The molecular weight excluding hydrogens is 369 g/mol. The first-order valence-electron chi connectivity index (χ1n) is 8.51. The molecule has 3 aromatic rings. The molecule has 1 saturated heterocycles. The zero-order valence-electron chi connectivity index (χ0n) is 14.1. The number of piperazine rings is 1. The largest absolute Gasteiger partial charge is 0.367 e. The number of aromatic nitrogens is 1. The molecule has 4 nitrogen and oxygen atoms in total. The Kier molecular flexibility index (Phi) is 4.70. The SMILES string of the molecule is O=C(c1ccc(Cl)cc1)N1CCN(c2cc[nH+]c3cc(Cl)ccc23)CC1. The summed E-state index contributed by atoms with van der Waals surface area (Å²) in [6.45, 7) is 2.96. The Balaban J connectivity index is 1.50. The number of H-pyrrole nitrogens is 1. The van der Waals surface area contributed by atoms with Crippen molar-refractivity contribution in [2.45, 2.75) is 0 Å². The molecule has 1 fully saturated rings. The summed E-state index contributed by atoms with van der Waals surface area (Å²) in [7, 11) is 0. The zero-order chi connectivity index (χ0) is 18.1. The third-order valence-electron chi connectivity index (χ3n) is 4.74. The second kappa shape index (κ2) is 7.14. The van der Waals surface area contributed by atoms with E-state index in [0.717, 1.165) is 29.7 Å². The molecule has 26 heavy (non-hydrogen) atoms. The quantitative estimate of drug-likeness (QED) is 0.669. The molecule has 0 aliphatic carbocycles. The Morgan fingerprint density at radius 1 is 0.885 bits per heavy atom. The van der Waals surface area contributed by atoms with Gasteiger partial charge in [-0.05, 0) is 36.4 Å². The van der Waals surface area contributed by atoms with Gasteiger partial charge in [0, 0.05) is 53.9 Å². The number of hydrogen-bond donors (Lipinski definition) is 0. The molecule has 4 rings (SSSR count). The van der Waals surface area contributed by atoms with Gasteiger partial charge in [0.1, 0.15) is 0 Å². The van der Waals surface area contributed by atoms with Crippen molar-refractivity contribution < 1.29 is 9.78 Å². The van der Waals surface area contributed by atoms with Crippen LogP contribution in [-0.4, -0.2) is 37.0 Å². The van der Waals surface area contributed by atoms with Crippen molar-refractivity contribution in [1.29, 1.82) is 0 Å². The first-order chi connectivity index (χ1) is 12.6. The van der Waals surface area contributed by atoms with E-state index in [4.69, 9.17) is 23.2 Å². The van der Waals surface area contributed by atoms with Gasteiger partial charge in [0.05, 0.1) is 11.1 Å². The van der Waals surface area contributed by atoms with Crippen LogP contribution in [-0.2, 0) is 0 Å². The fourth-order valence-corrected chi connectivity index (χ4v) is 3.66. The highest BCUT2D eigenvalue weighted by Gasteiger charge is 2.24. The summed E-state index contributed by atoms with van der Waals surface area (Å²) in [5.41, 5.74) is 2.85. The zero-order valence-corrected chi connectivity index (χ0v) is 15.6. The van der Waals surface area contributed by atoms with Gasteiger partial charge >= 0.3 is 0 Å². The maximum Gasteiger partial charge on any atom is 0.253 e. The van der Waals surface area contributed by atoms with E-state index < -0.39 is 0 Å². The number of pyridine rings is 1. The summed E-state index contributed by atoms with van der Waals surface area (Å²) in [5, 5.41) is 2.48. The maximum atomic E-state index is 12.6. The van der Waals surface area contributed by atoms with Gasteiger partial charge in [-0.25, -0.2) is 4.98 Å². The van der Waals surface area contributed by atoms with Gasteiger partial charge in [0.2, 0.25) is 5.52 Å². The van der Waals surface area contributed by atoms with Crippen LogP contribution in [0.25, 0.3) is 10.9 Å². The number of benzene rings is 2. The van der Waals surface area contributed by atoms with E-state index >= 15 is 0 Å². The molecule has 1 aliphatic heterocycles. The minimum Gasteiger partial charge on any atom is -0.367 e. The number of aromatic amines is 1. The lowest BCUT2D eigenvalue weighted by atomic mass is 10.1. The molecule has 6 heteroatoms. The van der Waals surface area contributed by atoms with Crippen molar-refractivity contribution in [1.82, 2.24) is 4.90 Å². The number of carbonyl (C=O) groups is 1. The Bertz CT molecular complexity index is 951. The molecule has 2 heterocycles. The number of rotatable bonds is 2. The third kappa shape index (κ3) is 3.35. The Morgan fingerprint density at radius 3 is 2.31 bits per heavy atom. The first kappa shape index (κ1) is 17.1. The summed E-state index contributed by atoms with van der Waals surface area (Å²) >= 11 is 12.0. The van der Waals surface area contributed by atoms with Gasteiger partial charge in [-0.1, -0.05) is 23.2 Å². The summed E-state index contributed by atoms with van der Waals surface area (Å²) in [5.74, 6) is 0.0550. The standard InChI is InChI=1S/C20H17Cl2N3O/c21-15-3-1-14(2-4-15)20(26)25-11-9-24(10-12-25)19-7-8-23-18-13-16(22)5-6-17(18)19/h1-8,13H,9-12H2/p+1. The first-order valence-corrected chi connectivity index (χ1v) is 9.27. The van der Waals surface area contributed by atoms with E-state index in [-0.39, 0.29) is 5.91 Å². The van der Waals surface area contributed by atoms with E-state index in [1.54, 1.807) is 24.3 Å². The number of halogens is 2. The van der Waals surface area contributed by atoms with Crippen molar-refractivity contribution in [2.75, 3.05) is 31.1 Å². The number of nitrogens with zero attached hydrogens (tertiary/aromatic N) is 2. The van der Waals surface area contributed by atoms with Crippen LogP contribution in [0, 0.1) is 0 Å². The second-order valence-corrected chi connectivity index (χ2v) is 7.21. The molecule has 132 valence electrons. The van der Waals surface area contributed by atoms with E-state index in [9.17, 15) is 4.79 Å². The smallest absolute Gasteiger partial charge is 0.253 e. The minimum atomic E-state index is 0.0550. The van der Waals surface area contributed by atoms with Crippen molar-refractivity contribution in [3.8, 4) is 0 Å².